The third-order valence-corrected chi connectivity index (χ3v) is 6.36. The molecule has 1 aromatic carbocycles. The number of allylic oxidation sites excluding steroid dienone is 4. The van der Waals surface area contributed by atoms with Crippen LogP contribution in [0, 0.1) is 36.4 Å². The summed E-state index contributed by atoms with van der Waals surface area (Å²) in [6.07, 6.45) is 9.35. The molecule has 0 spiro atoms. The first kappa shape index (κ1) is 23.0. The van der Waals surface area contributed by atoms with E-state index in [9.17, 15) is 14.3 Å². The van der Waals surface area contributed by atoms with E-state index < -0.39 is 5.97 Å². The second-order valence-electron chi connectivity index (χ2n) is 8.95. The number of rotatable bonds is 5. The molecule has 4 heteroatoms. The number of likely N-dealkylation sites (tertiary alicyclic amines) is 1. The number of hydrogen-bond donors (Lipinski definition) is 1. The van der Waals surface area contributed by atoms with Crippen molar-refractivity contribution in [2.45, 2.75) is 58.5 Å². The molecule has 2 aliphatic rings. The van der Waals surface area contributed by atoms with Gasteiger partial charge in [-0.25, -0.2) is 4.39 Å². The SMILES string of the molecule is C=C(C)C#C[C@@H](c1cc(F)ccc1C)N1CC[C@H](CC(=O)O)C[C@@H]1C1C=CC(C)=CC1. The van der Waals surface area contributed by atoms with E-state index in [2.05, 4.69) is 48.5 Å². The van der Waals surface area contributed by atoms with E-state index in [-0.39, 0.29) is 36.2 Å². The lowest BCUT2D eigenvalue weighted by Gasteiger charge is -2.45. The molecule has 1 N–H and O–H groups in total. The zero-order chi connectivity index (χ0) is 22.5. The summed E-state index contributed by atoms with van der Waals surface area (Å²) >= 11 is 0. The minimum atomic E-state index is -0.744. The van der Waals surface area contributed by atoms with Gasteiger partial charge in [0.2, 0.25) is 0 Å². The van der Waals surface area contributed by atoms with Crippen molar-refractivity contribution >= 4 is 5.97 Å². The van der Waals surface area contributed by atoms with E-state index in [0.29, 0.717) is 0 Å². The fraction of sp³-hybridized carbons (Fsp3) is 0.444. The van der Waals surface area contributed by atoms with Gasteiger partial charge in [0, 0.05) is 19.0 Å². The summed E-state index contributed by atoms with van der Waals surface area (Å²) in [5.41, 5.74) is 3.90. The summed E-state index contributed by atoms with van der Waals surface area (Å²) in [6, 6.07) is 4.76. The van der Waals surface area contributed by atoms with Gasteiger partial charge in [-0.1, -0.05) is 48.3 Å². The third-order valence-electron chi connectivity index (χ3n) is 6.36. The summed E-state index contributed by atoms with van der Waals surface area (Å²) in [7, 11) is 0. The van der Waals surface area contributed by atoms with Gasteiger partial charge in [0.25, 0.3) is 0 Å². The van der Waals surface area contributed by atoms with Crippen molar-refractivity contribution in [2.75, 3.05) is 6.54 Å². The van der Waals surface area contributed by atoms with E-state index in [1.807, 2.05) is 13.8 Å². The normalized spacial score (nSPS) is 24.6. The molecule has 0 aromatic heterocycles. The van der Waals surface area contributed by atoms with Crippen LogP contribution in [-0.4, -0.2) is 28.6 Å². The second-order valence-corrected chi connectivity index (χ2v) is 8.95. The minimum absolute atomic E-state index is 0.141. The first-order chi connectivity index (χ1) is 14.7. The predicted molar refractivity (Wildman–Crippen MR) is 123 cm³/mol. The summed E-state index contributed by atoms with van der Waals surface area (Å²) in [5, 5.41) is 9.35. The molecule has 3 rings (SSSR count). The number of piperidine rings is 1. The molecule has 164 valence electrons. The van der Waals surface area contributed by atoms with Gasteiger partial charge in [-0.15, -0.1) is 0 Å². The van der Waals surface area contributed by atoms with Crippen LogP contribution < -0.4 is 0 Å². The van der Waals surface area contributed by atoms with Crippen molar-refractivity contribution < 1.29 is 14.3 Å². The van der Waals surface area contributed by atoms with E-state index in [4.69, 9.17) is 0 Å². The fourth-order valence-electron chi connectivity index (χ4n) is 4.73. The Hall–Kier alpha value is -2.64. The monoisotopic (exact) mass is 421 g/mol. The molecule has 4 atom stereocenters. The number of aliphatic carboxylic acids is 1. The number of hydrogen-bond acceptors (Lipinski definition) is 2. The van der Waals surface area contributed by atoms with Crippen LogP contribution in [0.4, 0.5) is 4.39 Å². The summed E-state index contributed by atoms with van der Waals surface area (Å²) in [4.78, 5) is 13.8. The number of benzene rings is 1. The Morgan fingerprint density at radius 3 is 2.81 bits per heavy atom. The molecule has 0 amide bonds. The van der Waals surface area contributed by atoms with Gasteiger partial charge in [0.15, 0.2) is 0 Å². The lowest BCUT2D eigenvalue weighted by Crippen LogP contribution is -2.48. The molecule has 31 heavy (non-hydrogen) atoms. The van der Waals surface area contributed by atoms with Crippen LogP contribution in [-0.2, 0) is 4.79 Å². The zero-order valence-corrected chi connectivity index (χ0v) is 18.7. The van der Waals surface area contributed by atoms with Crippen LogP contribution in [0.25, 0.3) is 0 Å². The maximum absolute atomic E-state index is 14.2. The Morgan fingerprint density at radius 2 is 2.16 bits per heavy atom. The van der Waals surface area contributed by atoms with Crippen LogP contribution in [0.3, 0.4) is 0 Å². The van der Waals surface area contributed by atoms with Crippen molar-refractivity contribution in [2.24, 2.45) is 11.8 Å². The average Bonchev–Trinajstić information content (AvgIpc) is 2.71. The van der Waals surface area contributed by atoms with Crippen LogP contribution in [0.15, 0.2) is 54.2 Å². The maximum atomic E-state index is 14.2. The van der Waals surface area contributed by atoms with E-state index >= 15 is 0 Å². The second kappa shape index (κ2) is 10.1. The van der Waals surface area contributed by atoms with Crippen LogP contribution in [0.2, 0.25) is 0 Å². The number of halogens is 1. The topological polar surface area (TPSA) is 40.5 Å². The Bertz CT molecular complexity index is 965. The minimum Gasteiger partial charge on any atom is -0.481 e. The Morgan fingerprint density at radius 1 is 1.39 bits per heavy atom. The van der Waals surface area contributed by atoms with Gasteiger partial charge < -0.3 is 5.11 Å². The first-order valence-corrected chi connectivity index (χ1v) is 11.0. The number of carboxylic acids is 1. The quantitative estimate of drug-likeness (QED) is 0.608. The number of carboxylic acid groups (broad SMARTS) is 1. The predicted octanol–water partition coefficient (Wildman–Crippen LogP) is 5.83. The molecule has 1 heterocycles. The third kappa shape index (κ3) is 5.95. The zero-order valence-electron chi connectivity index (χ0n) is 18.7. The van der Waals surface area contributed by atoms with Crippen LogP contribution in [0.5, 0.6) is 0 Å². The standard InChI is InChI=1S/C27H32FNO2/c1-18(2)5-12-25(24-17-23(28)11-8-20(24)4)29-14-13-21(16-27(30)31)15-26(29)22-9-6-19(3)7-10-22/h6-9,11,17,21-22,25-26H,1,10,13-16H2,2-4H3,(H,30,31)/t21-,22?,25-,26+/m0/s1. The highest BCUT2D eigenvalue weighted by Crippen LogP contribution is 2.39. The van der Waals surface area contributed by atoms with Crippen molar-refractivity contribution in [3.05, 3.63) is 71.1 Å². The van der Waals surface area contributed by atoms with Gasteiger partial charge in [0.1, 0.15) is 5.82 Å². The van der Waals surface area contributed by atoms with E-state index in [1.165, 1.54) is 11.6 Å². The summed E-state index contributed by atoms with van der Waals surface area (Å²) in [5.74, 6) is 5.90. The lowest BCUT2D eigenvalue weighted by atomic mass is 9.78. The van der Waals surface area contributed by atoms with Gasteiger partial charge in [0.05, 0.1) is 6.04 Å². The highest BCUT2D eigenvalue weighted by Gasteiger charge is 2.38. The maximum Gasteiger partial charge on any atom is 0.303 e. The van der Waals surface area contributed by atoms with Gasteiger partial charge >= 0.3 is 5.97 Å². The number of aryl methyl sites for hydroxylation is 1. The molecule has 1 fully saturated rings. The van der Waals surface area contributed by atoms with Gasteiger partial charge in [-0.05, 0) is 80.7 Å². The van der Waals surface area contributed by atoms with Crippen molar-refractivity contribution in [1.29, 1.82) is 0 Å². The molecule has 1 aromatic rings. The Labute approximate surface area is 185 Å². The van der Waals surface area contributed by atoms with E-state index in [0.717, 1.165) is 42.5 Å². The van der Waals surface area contributed by atoms with E-state index in [1.54, 1.807) is 12.1 Å². The van der Waals surface area contributed by atoms with Crippen molar-refractivity contribution in [1.82, 2.24) is 4.90 Å². The first-order valence-electron chi connectivity index (χ1n) is 11.0. The molecule has 1 aliphatic carbocycles. The largest absolute Gasteiger partial charge is 0.481 e. The molecule has 1 unspecified atom stereocenters. The van der Waals surface area contributed by atoms with Crippen LogP contribution >= 0.6 is 0 Å². The molecule has 1 aliphatic heterocycles. The molecule has 0 saturated carbocycles. The molecule has 0 radical (unpaired) electrons. The van der Waals surface area contributed by atoms with Gasteiger partial charge in [-0.3, -0.25) is 9.69 Å². The fourth-order valence-corrected chi connectivity index (χ4v) is 4.73. The summed E-state index contributed by atoms with van der Waals surface area (Å²) < 4.78 is 14.2. The number of nitrogens with zero attached hydrogens (tertiary/aromatic N) is 1. The molecular formula is C27H32FNO2. The summed E-state index contributed by atoms with van der Waals surface area (Å²) in [6.45, 7) is 10.6. The van der Waals surface area contributed by atoms with Crippen molar-refractivity contribution in [3.8, 4) is 11.8 Å². The average molecular weight is 422 g/mol. The number of carbonyl (C=O) groups is 1. The smallest absolute Gasteiger partial charge is 0.303 e. The Balaban J connectivity index is 2.01. The molecule has 0 bridgehead atoms. The molecule has 1 saturated heterocycles. The molecule has 3 nitrogen and oxygen atoms in total. The molecular weight excluding hydrogens is 389 g/mol. The Kier molecular flexibility index (Phi) is 7.51. The van der Waals surface area contributed by atoms with Crippen molar-refractivity contribution in [3.63, 3.8) is 0 Å². The highest BCUT2D eigenvalue weighted by molar-refractivity contribution is 5.67. The van der Waals surface area contributed by atoms with Gasteiger partial charge in [-0.2, -0.15) is 0 Å². The van der Waals surface area contributed by atoms with Crippen LogP contribution in [0.1, 0.15) is 56.7 Å². The lowest BCUT2D eigenvalue weighted by molar-refractivity contribution is -0.138. The highest BCUT2D eigenvalue weighted by atomic mass is 19.1.